The van der Waals surface area contributed by atoms with Gasteiger partial charge in [0.25, 0.3) is 0 Å². The van der Waals surface area contributed by atoms with E-state index in [0.717, 1.165) is 38.5 Å². The third-order valence-corrected chi connectivity index (χ3v) is 8.49. The van der Waals surface area contributed by atoms with Crippen LogP contribution in [0.4, 0.5) is 0 Å². The molecule has 0 heterocycles. The van der Waals surface area contributed by atoms with Crippen LogP contribution in [0.2, 0.25) is 0 Å². The smallest absolute Gasteiger partial charge is 0.310 e. The fraction of sp³-hybridized carbons (Fsp3) is 0.750. The Hall–Kier alpha value is -1.58. The van der Waals surface area contributed by atoms with Gasteiger partial charge in [-0.05, 0) is 86.0 Å². The minimum atomic E-state index is -0.329. The molecule has 5 aliphatic carbocycles. The van der Waals surface area contributed by atoms with Crippen LogP contribution in [0.5, 0.6) is 0 Å². The first kappa shape index (κ1) is 18.4. The Morgan fingerprint density at radius 3 is 2.75 bits per heavy atom. The maximum Gasteiger partial charge on any atom is 0.310 e. The summed E-state index contributed by atoms with van der Waals surface area (Å²) in [5, 5.41) is 0. The molecule has 0 saturated heterocycles. The first-order valence-electron chi connectivity index (χ1n) is 11.3. The van der Waals surface area contributed by atoms with Crippen LogP contribution < -0.4 is 0 Å². The van der Waals surface area contributed by atoms with Crippen molar-refractivity contribution in [1.82, 2.24) is 0 Å². The summed E-state index contributed by atoms with van der Waals surface area (Å²) in [7, 11) is 0. The molecule has 3 saturated carbocycles. The van der Waals surface area contributed by atoms with Gasteiger partial charge in [-0.15, -0.1) is 0 Å². The molecule has 0 aromatic rings. The van der Waals surface area contributed by atoms with Gasteiger partial charge in [-0.3, -0.25) is 9.59 Å². The second-order valence-electron chi connectivity index (χ2n) is 9.84. The molecule has 4 heteroatoms. The number of allylic oxidation sites excluding steroid dienone is 4. The van der Waals surface area contributed by atoms with Crippen LogP contribution in [0.3, 0.4) is 0 Å². The van der Waals surface area contributed by atoms with Crippen molar-refractivity contribution in [3.63, 3.8) is 0 Å². The summed E-state index contributed by atoms with van der Waals surface area (Å²) in [6.45, 7) is 3.57. The fourth-order valence-corrected chi connectivity index (χ4v) is 7.41. The SMILES string of the molecule is CCC1(OC(=O)CC(OC(C)=O)C2CC3CC2C2C4C=CC(=C4)C32)CCCC1. The summed E-state index contributed by atoms with van der Waals surface area (Å²) in [4.78, 5) is 24.7. The van der Waals surface area contributed by atoms with Crippen molar-refractivity contribution in [2.24, 2.45) is 35.5 Å². The van der Waals surface area contributed by atoms with Crippen LogP contribution in [-0.4, -0.2) is 23.6 Å². The largest absolute Gasteiger partial charge is 0.462 e. The predicted molar refractivity (Wildman–Crippen MR) is 105 cm³/mol. The molecule has 0 spiro atoms. The lowest BCUT2D eigenvalue weighted by Crippen LogP contribution is -2.40. The van der Waals surface area contributed by atoms with E-state index < -0.39 is 0 Å². The van der Waals surface area contributed by atoms with Gasteiger partial charge < -0.3 is 9.47 Å². The van der Waals surface area contributed by atoms with Crippen LogP contribution in [0.1, 0.15) is 65.2 Å². The van der Waals surface area contributed by atoms with Gasteiger partial charge in [-0.25, -0.2) is 0 Å². The first-order valence-corrected chi connectivity index (χ1v) is 11.3. The van der Waals surface area contributed by atoms with Crippen LogP contribution >= 0.6 is 0 Å². The van der Waals surface area contributed by atoms with E-state index in [4.69, 9.17) is 9.47 Å². The third kappa shape index (κ3) is 2.86. The molecule has 28 heavy (non-hydrogen) atoms. The van der Waals surface area contributed by atoms with Gasteiger partial charge in [-0.2, -0.15) is 0 Å². The molecule has 0 aromatic carbocycles. The highest BCUT2D eigenvalue weighted by atomic mass is 16.6. The van der Waals surface area contributed by atoms with Crippen LogP contribution in [0.15, 0.2) is 23.8 Å². The van der Waals surface area contributed by atoms with Gasteiger partial charge in [0, 0.05) is 6.92 Å². The van der Waals surface area contributed by atoms with Gasteiger partial charge in [0.1, 0.15) is 11.7 Å². The van der Waals surface area contributed by atoms with Crippen molar-refractivity contribution in [3.8, 4) is 0 Å². The minimum Gasteiger partial charge on any atom is -0.462 e. The summed E-state index contributed by atoms with van der Waals surface area (Å²) in [5.41, 5.74) is 1.26. The van der Waals surface area contributed by atoms with Crippen molar-refractivity contribution in [2.45, 2.75) is 76.9 Å². The normalized spacial score (nSPS) is 39.7. The minimum absolute atomic E-state index is 0.178. The van der Waals surface area contributed by atoms with Crippen molar-refractivity contribution in [2.75, 3.05) is 0 Å². The standard InChI is InChI=1S/C24H32O4/c1-3-24(8-4-5-9-24)28-21(26)13-20(27-14(2)25)18-11-17-12-19(18)23-16-7-6-15(10-16)22(17)23/h6-7,10,16-20,22-23H,3-5,8-9,11-13H2,1-2H3. The number of carbonyl (C=O) groups is 2. The average molecular weight is 385 g/mol. The lowest BCUT2D eigenvalue weighted by molar-refractivity contribution is -0.168. The van der Waals surface area contributed by atoms with Crippen LogP contribution in [0, 0.1) is 35.5 Å². The summed E-state index contributed by atoms with van der Waals surface area (Å²) >= 11 is 0. The number of hydrogen-bond donors (Lipinski definition) is 0. The maximum absolute atomic E-state index is 12.8. The molecule has 0 aromatic heterocycles. The van der Waals surface area contributed by atoms with Gasteiger partial charge in [0.05, 0.1) is 6.42 Å². The number of carbonyl (C=O) groups excluding carboxylic acids is 2. The summed E-state index contributed by atoms with van der Waals surface area (Å²) in [6, 6.07) is 0. The van der Waals surface area contributed by atoms with Crippen molar-refractivity contribution >= 4 is 11.9 Å². The lowest BCUT2D eigenvalue weighted by Gasteiger charge is -2.39. The van der Waals surface area contributed by atoms with Gasteiger partial charge in [0.2, 0.25) is 0 Å². The number of rotatable bonds is 6. The van der Waals surface area contributed by atoms with E-state index >= 15 is 0 Å². The molecule has 5 aliphatic rings. The zero-order valence-electron chi connectivity index (χ0n) is 17.1. The van der Waals surface area contributed by atoms with E-state index in [2.05, 4.69) is 25.2 Å². The lowest BCUT2D eigenvalue weighted by atomic mass is 9.67. The molecule has 7 atom stereocenters. The van der Waals surface area contributed by atoms with Crippen molar-refractivity contribution < 1.29 is 19.1 Å². The quantitative estimate of drug-likeness (QED) is 0.629. The molecule has 3 fully saturated rings. The Labute approximate surface area is 167 Å². The summed E-state index contributed by atoms with van der Waals surface area (Å²) in [5.74, 6) is 3.02. The third-order valence-electron chi connectivity index (χ3n) is 8.49. The second-order valence-corrected chi connectivity index (χ2v) is 9.84. The molecule has 0 N–H and O–H groups in total. The van der Waals surface area contributed by atoms with E-state index in [-0.39, 0.29) is 30.1 Å². The zero-order chi connectivity index (χ0) is 19.5. The molecule has 5 rings (SSSR count). The fourth-order valence-electron chi connectivity index (χ4n) is 7.41. The van der Waals surface area contributed by atoms with Crippen LogP contribution in [0.25, 0.3) is 0 Å². The Kier molecular flexibility index (Phi) is 4.44. The van der Waals surface area contributed by atoms with E-state index in [9.17, 15) is 9.59 Å². The number of ether oxygens (including phenoxy) is 2. The molecular weight excluding hydrogens is 352 g/mol. The van der Waals surface area contributed by atoms with E-state index in [0.29, 0.717) is 35.5 Å². The van der Waals surface area contributed by atoms with Crippen LogP contribution in [-0.2, 0) is 19.1 Å². The average Bonchev–Trinajstić information content (AvgIpc) is 3.45. The number of esters is 2. The molecule has 0 aliphatic heterocycles. The maximum atomic E-state index is 12.8. The van der Waals surface area contributed by atoms with Gasteiger partial charge >= 0.3 is 11.9 Å². The Bertz CT molecular complexity index is 729. The Morgan fingerprint density at radius 2 is 2.04 bits per heavy atom. The van der Waals surface area contributed by atoms with E-state index in [1.165, 1.54) is 18.9 Å². The molecule has 0 amide bonds. The van der Waals surface area contributed by atoms with Gasteiger partial charge in [0.15, 0.2) is 0 Å². The van der Waals surface area contributed by atoms with Crippen molar-refractivity contribution in [1.29, 1.82) is 0 Å². The first-order chi connectivity index (χ1) is 13.5. The monoisotopic (exact) mass is 384 g/mol. The van der Waals surface area contributed by atoms with E-state index in [1.807, 2.05) is 0 Å². The molecule has 4 nitrogen and oxygen atoms in total. The second kappa shape index (κ2) is 6.74. The number of fused-ring (bicyclic) bond motifs is 8. The van der Waals surface area contributed by atoms with Crippen molar-refractivity contribution in [3.05, 3.63) is 23.8 Å². The summed E-state index contributed by atoms with van der Waals surface area (Å²) < 4.78 is 11.7. The molecular formula is C24H32O4. The summed E-state index contributed by atoms with van der Waals surface area (Å²) in [6.07, 6.45) is 14.4. The topological polar surface area (TPSA) is 52.6 Å². The molecule has 7 unspecified atom stereocenters. The predicted octanol–water partition coefficient (Wildman–Crippen LogP) is 4.59. The highest BCUT2D eigenvalue weighted by molar-refractivity contribution is 5.72. The zero-order valence-corrected chi connectivity index (χ0v) is 17.1. The highest BCUT2D eigenvalue weighted by Crippen LogP contribution is 2.65. The molecule has 0 radical (unpaired) electrons. The highest BCUT2D eigenvalue weighted by Gasteiger charge is 2.60. The molecule has 152 valence electrons. The Morgan fingerprint density at radius 1 is 1.25 bits per heavy atom. The number of hydrogen-bond acceptors (Lipinski definition) is 4. The van der Waals surface area contributed by atoms with Gasteiger partial charge in [-0.1, -0.05) is 25.2 Å². The van der Waals surface area contributed by atoms with E-state index in [1.54, 1.807) is 0 Å². The Balaban J connectivity index is 1.29. The molecule has 4 bridgehead atoms.